The molecular weight excluding hydrogens is 349 g/mol. The molecule has 0 N–H and O–H groups in total. The maximum Gasteiger partial charge on any atom is 0.171 e. The zero-order valence-corrected chi connectivity index (χ0v) is 12.5. The summed E-state index contributed by atoms with van der Waals surface area (Å²) in [5.74, 6) is -2.76. The van der Waals surface area contributed by atoms with E-state index in [0.29, 0.717) is 0 Å². The summed E-state index contributed by atoms with van der Waals surface area (Å²) in [5.41, 5.74) is -0.279. The largest absolute Gasteiger partial charge is 0.496 e. The third kappa shape index (κ3) is 3.26. The highest BCUT2D eigenvalue weighted by atomic mass is 79.9. The fourth-order valence-corrected chi connectivity index (χ4v) is 2.22. The molecule has 2 aromatic rings. The molecule has 2 aromatic carbocycles. The van der Waals surface area contributed by atoms with Gasteiger partial charge in [-0.1, -0.05) is 6.07 Å². The van der Waals surface area contributed by atoms with Crippen LogP contribution in [0.4, 0.5) is 13.2 Å². The molecule has 0 aliphatic heterocycles. The minimum Gasteiger partial charge on any atom is -0.496 e. The fourth-order valence-electron chi connectivity index (χ4n) is 1.87. The molecule has 2 nitrogen and oxygen atoms in total. The van der Waals surface area contributed by atoms with Crippen LogP contribution in [-0.2, 0) is 6.42 Å². The second-order valence-electron chi connectivity index (χ2n) is 4.27. The SMILES string of the molecule is COc1cc(F)c(Br)cc1C(=O)Cc1c(F)cccc1F. The van der Waals surface area contributed by atoms with Crippen molar-refractivity contribution >= 4 is 21.7 Å². The number of hydrogen-bond donors (Lipinski definition) is 0. The predicted molar refractivity (Wildman–Crippen MR) is 75.0 cm³/mol. The maximum atomic E-state index is 13.6. The van der Waals surface area contributed by atoms with E-state index in [1.165, 1.54) is 19.2 Å². The van der Waals surface area contributed by atoms with Gasteiger partial charge in [-0.05, 0) is 34.1 Å². The first-order valence-electron chi connectivity index (χ1n) is 5.93. The van der Waals surface area contributed by atoms with Crippen molar-refractivity contribution < 1.29 is 22.7 Å². The first-order valence-corrected chi connectivity index (χ1v) is 6.72. The number of ketones is 1. The zero-order valence-electron chi connectivity index (χ0n) is 10.9. The summed E-state index contributed by atoms with van der Waals surface area (Å²) in [6, 6.07) is 5.63. The molecule has 21 heavy (non-hydrogen) atoms. The minimum atomic E-state index is -0.802. The van der Waals surface area contributed by atoms with Crippen molar-refractivity contribution in [3.8, 4) is 5.75 Å². The highest BCUT2D eigenvalue weighted by Gasteiger charge is 2.19. The van der Waals surface area contributed by atoms with Crippen LogP contribution in [0.15, 0.2) is 34.8 Å². The number of rotatable bonds is 4. The summed E-state index contributed by atoms with van der Waals surface area (Å²) in [6.45, 7) is 0. The molecule has 0 aliphatic rings. The van der Waals surface area contributed by atoms with Crippen LogP contribution in [0.5, 0.6) is 5.75 Å². The topological polar surface area (TPSA) is 26.3 Å². The minimum absolute atomic E-state index is 0.0115. The average Bonchev–Trinajstić information content (AvgIpc) is 2.45. The lowest BCUT2D eigenvalue weighted by atomic mass is 10.0. The lowest BCUT2D eigenvalue weighted by Crippen LogP contribution is -2.09. The van der Waals surface area contributed by atoms with Gasteiger partial charge in [0, 0.05) is 18.1 Å². The lowest BCUT2D eigenvalue weighted by molar-refractivity contribution is 0.0987. The van der Waals surface area contributed by atoms with Crippen LogP contribution in [0, 0.1) is 17.5 Å². The van der Waals surface area contributed by atoms with Crippen LogP contribution < -0.4 is 4.74 Å². The van der Waals surface area contributed by atoms with E-state index in [1.807, 2.05) is 0 Å². The Bertz CT molecular complexity index is 681. The van der Waals surface area contributed by atoms with Crippen molar-refractivity contribution in [3.05, 3.63) is 63.4 Å². The van der Waals surface area contributed by atoms with Gasteiger partial charge in [-0.2, -0.15) is 0 Å². The number of ether oxygens (including phenoxy) is 1. The molecule has 6 heteroatoms. The Hall–Kier alpha value is -1.82. The Labute approximate surface area is 127 Å². The summed E-state index contributed by atoms with van der Waals surface area (Å²) < 4.78 is 45.5. The van der Waals surface area contributed by atoms with E-state index >= 15 is 0 Å². The van der Waals surface area contributed by atoms with Crippen LogP contribution in [0.1, 0.15) is 15.9 Å². The zero-order chi connectivity index (χ0) is 15.6. The first kappa shape index (κ1) is 15.6. The lowest BCUT2D eigenvalue weighted by Gasteiger charge is -2.10. The van der Waals surface area contributed by atoms with Crippen molar-refractivity contribution in [3.63, 3.8) is 0 Å². The van der Waals surface area contributed by atoms with Crippen molar-refractivity contribution in [1.29, 1.82) is 0 Å². The van der Waals surface area contributed by atoms with Crippen LogP contribution in [0.3, 0.4) is 0 Å². The standard InChI is InChI=1S/C15H10BrF3O2/c1-21-15-7-13(19)10(16)5-9(15)14(20)6-8-11(17)3-2-4-12(8)18/h2-5,7H,6H2,1H3. The van der Waals surface area contributed by atoms with Gasteiger partial charge in [-0.3, -0.25) is 4.79 Å². The van der Waals surface area contributed by atoms with Crippen molar-refractivity contribution in [2.45, 2.75) is 6.42 Å². The normalized spacial score (nSPS) is 10.5. The molecule has 0 bridgehead atoms. The summed E-state index contributed by atoms with van der Waals surface area (Å²) >= 11 is 2.96. The molecule has 0 unspecified atom stereocenters. The van der Waals surface area contributed by atoms with Gasteiger partial charge < -0.3 is 4.74 Å². The first-order chi connectivity index (χ1) is 9.93. The quantitative estimate of drug-likeness (QED) is 0.761. The Morgan fingerprint density at radius 3 is 2.33 bits per heavy atom. The van der Waals surface area contributed by atoms with E-state index in [1.54, 1.807) is 0 Å². The molecule has 0 fully saturated rings. The summed E-state index contributed by atoms with van der Waals surface area (Å²) in [5, 5.41) is 0. The number of halogens is 4. The van der Waals surface area contributed by atoms with E-state index in [2.05, 4.69) is 15.9 Å². The smallest absolute Gasteiger partial charge is 0.171 e. The van der Waals surface area contributed by atoms with Gasteiger partial charge in [0.2, 0.25) is 0 Å². The molecule has 0 atom stereocenters. The third-order valence-electron chi connectivity index (χ3n) is 2.94. The molecule has 0 saturated heterocycles. The highest BCUT2D eigenvalue weighted by molar-refractivity contribution is 9.10. The molecule has 0 radical (unpaired) electrons. The van der Waals surface area contributed by atoms with Gasteiger partial charge in [0.05, 0.1) is 17.1 Å². The van der Waals surface area contributed by atoms with Gasteiger partial charge in [-0.15, -0.1) is 0 Å². The number of hydrogen-bond acceptors (Lipinski definition) is 2. The summed E-state index contributed by atoms with van der Waals surface area (Å²) in [7, 11) is 1.28. The van der Waals surface area contributed by atoms with Crippen molar-refractivity contribution in [2.24, 2.45) is 0 Å². The van der Waals surface area contributed by atoms with E-state index in [4.69, 9.17) is 4.74 Å². The van der Waals surface area contributed by atoms with Gasteiger partial charge in [0.25, 0.3) is 0 Å². The number of methoxy groups -OCH3 is 1. The monoisotopic (exact) mass is 358 g/mol. The van der Waals surface area contributed by atoms with Crippen LogP contribution >= 0.6 is 15.9 Å². The molecular formula is C15H10BrF3O2. The molecule has 0 aromatic heterocycles. The molecule has 0 heterocycles. The number of carbonyl (C=O) groups excluding carboxylic acids is 1. The van der Waals surface area contributed by atoms with Crippen molar-refractivity contribution in [2.75, 3.05) is 7.11 Å². The number of carbonyl (C=O) groups is 1. The predicted octanol–water partition coefficient (Wildman–Crippen LogP) is 4.30. The molecule has 0 saturated carbocycles. The second-order valence-corrected chi connectivity index (χ2v) is 5.12. The van der Waals surface area contributed by atoms with Crippen LogP contribution in [0.25, 0.3) is 0 Å². The number of Topliss-reactive ketones (excluding diaryl/α,β-unsaturated/α-hetero) is 1. The van der Waals surface area contributed by atoms with Gasteiger partial charge >= 0.3 is 0 Å². The highest BCUT2D eigenvalue weighted by Crippen LogP contribution is 2.28. The summed E-state index contributed by atoms with van der Waals surface area (Å²) in [6.07, 6.45) is -0.479. The molecule has 2 rings (SSSR count). The van der Waals surface area contributed by atoms with Gasteiger partial charge in [0.1, 0.15) is 23.2 Å². The van der Waals surface area contributed by atoms with Gasteiger partial charge in [-0.25, -0.2) is 13.2 Å². The van der Waals surface area contributed by atoms with Gasteiger partial charge in [0.15, 0.2) is 5.78 Å². The maximum absolute atomic E-state index is 13.6. The second kappa shape index (κ2) is 6.30. The molecule has 0 amide bonds. The average molecular weight is 359 g/mol. The Morgan fingerprint density at radius 1 is 1.14 bits per heavy atom. The third-order valence-corrected chi connectivity index (χ3v) is 3.55. The molecule has 110 valence electrons. The summed E-state index contributed by atoms with van der Waals surface area (Å²) in [4.78, 5) is 12.2. The van der Waals surface area contributed by atoms with Crippen LogP contribution in [-0.4, -0.2) is 12.9 Å². The Balaban J connectivity index is 2.39. The van der Waals surface area contributed by atoms with E-state index in [9.17, 15) is 18.0 Å². The Kier molecular flexibility index (Phi) is 4.67. The van der Waals surface area contributed by atoms with Crippen LogP contribution in [0.2, 0.25) is 0 Å². The molecule has 0 spiro atoms. The fraction of sp³-hybridized carbons (Fsp3) is 0.133. The van der Waals surface area contributed by atoms with E-state index < -0.39 is 29.7 Å². The Morgan fingerprint density at radius 2 is 1.76 bits per heavy atom. The molecule has 0 aliphatic carbocycles. The number of benzene rings is 2. The van der Waals surface area contributed by atoms with E-state index in [0.717, 1.165) is 18.2 Å². The van der Waals surface area contributed by atoms with Crippen molar-refractivity contribution in [1.82, 2.24) is 0 Å². The van der Waals surface area contributed by atoms with E-state index in [-0.39, 0.29) is 21.3 Å².